The number of fused-ring (bicyclic) bond motifs is 1. The highest BCUT2D eigenvalue weighted by Crippen LogP contribution is 2.28. The van der Waals surface area contributed by atoms with Crippen molar-refractivity contribution in [3.63, 3.8) is 0 Å². The third kappa shape index (κ3) is 7.37. The number of hydrogen-bond donors (Lipinski definition) is 1. The molecular formula is C36H39N3O4S. The first-order chi connectivity index (χ1) is 21.0. The number of esters is 1. The first kappa shape index (κ1) is 31.0. The van der Waals surface area contributed by atoms with Crippen LogP contribution in [0.4, 0.5) is 5.69 Å². The molecule has 0 bridgehead atoms. The quantitative estimate of drug-likeness (QED) is 0.153. The molecule has 5 aromatic rings. The Labute approximate surface area is 259 Å². The number of aromatic nitrogens is 2. The minimum atomic E-state index is -3.48. The van der Waals surface area contributed by atoms with Gasteiger partial charge in [0.25, 0.3) is 0 Å². The standard InChI is InChI=1S/C36H39N3O4S/c1-5-6-16-34-38-32-22-21-28(37-25-44(41,42)29-12-8-7-9-13-29)23-33(32)39(34)24-26-17-19-27(20-18-26)30-14-10-11-15-31(30)35(40)43-36(2,3)4/h7-15,17-23,37H,5-6,16,24-25H2,1-4H3. The molecule has 0 saturated carbocycles. The number of nitrogens with one attached hydrogen (secondary N) is 1. The maximum atomic E-state index is 12.9. The Morgan fingerprint density at radius 2 is 1.61 bits per heavy atom. The summed E-state index contributed by atoms with van der Waals surface area (Å²) in [7, 11) is -3.48. The van der Waals surface area contributed by atoms with Gasteiger partial charge >= 0.3 is 5.97 Å². The molecule has 0 fully saturated rings. The molecule has 228 valence electrons. The highest BCUT2D eigenvalue weighted by atomic mass is 32.2. The molecular weight excluding hydrogens is 570 g/mol. The lowest BCUT2D eigenvalue weighted by molar-refractivity contribution is 0.00704. The second-order valence-electron chi connectivity index (χ2n) is 11.9. The third-order valence-corrected chi connectivity index (χ3v) is 8.82. The van der Waals surface area contributed by atoms with Gasteiger partial charge in [0.2, 0.25) is 0 Å². The largest absolute Gasteiger partial charge is 0.456 e. The highest BCUT2D eigenvalue weighted by molar-refractivity contribution is 7.91. The molecule has 0 amide bonds. The van der Waals surface area contributed by atoms with Crippen LogP contribution < -0.4 is 5.32 Å². The molecule has 0 saturated heterocycles. The molecule has 1 heterocycles. The summed E-state index contributed by atoms with van der Waals surface area (Å²) in [6.45, 7) is 8.36. The zero-order valence-electron chi connectivity index (χ0n) is 25.7. The molecule has 1 aromatic heterocycles. The molecule has 5 rings (SSSR count). The van der Waals surface area contributed by atoms with Crippen molar-refractivity contribution in [2.24, 2.45) is 0 Å². The Kier molecular flexibility index (Phi) is 9.20. The van der Waals surface area contributed by atoms with Crippen LogP contribution in [0.25, 0.3) is 22.2 Å². The maximum absolute atomic E-state index is 12.9. The van der Waals surface area contributed by atoms with Crippen LogP contribution >= 0.6 is 0 Å². The average Bonchev–Trinajstić information content (AvgIpc) is 3.35. The molecule has 44 heavy (non-hydrogen) atoms. The molecule has 1 N–H and O–H groups in total. The molecule has 4 aromatic carbocycles. The third-order valence-electron chi connectivity index (χ3n) is 7.30. The lowest BCUT2D eigenvalue weighted by Gasteiger charge is -2.20. The number of nitrogens with zero attached hydrogens (tertiary/aromatic N) is 2. The Balaban J connectivity index is 1.41. The predicted octanol–water partition coefficient (Wildman–Crippen LogP) is 7.89. The van der Waals surface area contributed by atoms with Crippen LogP contribution in [-0.4, -0.2) is 35.4 Å². The Bertz CT molecular complexity index is 1860. The topological polar surface area (TPSA) is 90.3 Å². The van der Waals surface area contributed by atoms with Gasteiger partial charge in [-0.3, -0.25) is 0 Å². The van der Waals surface area contributed by atoms with E-state index in [2.05, 4.69) is 28.9 Å². The number of carbonyl (C=O) groups is 1. The van der Waals surface area contributed by atoms with Crippen LogP contribution in [0, 0.1) is 0 Å². The molecule has 0 atom stereocenters. The second-order valence-corrected chi connectivity index (χ2v) is 13.9. The first-order valence-electron chi connectivity index (χ1n) is 15.0. The average molecular weight is 610 g/mol. The van der Waals surface area contributed by atoms with Gasteiger partial charge in [-0.15, -0.1) is 0 Å². The molecule has 0 unspecified atom stereocenters. The molecule has 0 aliphatic carbocycles. The van der Waals surface area contributed by atoms with Crippen LogP contribution in [0.15, 0.2) is 102 Å². The van der Waals surface area contributed by atoms with Crippen LogP contribution in [0.1, 0.15) is 62.3 Å². The summed E-state index contributed by atoms with van der Waals surface area (Å²) in [5.74, 6) is 0.449. The van der Waals surface area contributed by atoms with Crippen LogP contribution in [0.3, 0.4) is 0 Å². The van der Waals surface area contributed by atoms with Crippen molar-refractivity contribution in [2.75, 3.05) is 11.2 Å². The summed E-state index contributed by atoms with van der Waals surface area (Å²) in [5.41, 5.74) is 5.33. The van der Waals surface area contributed by atoms with Gasteiger partial charge in [0.05, 0.1) is 21.5 Å². The predicted molar refractivity (Wildman–Crippen MR) is 177 cm³/mol. The van der Waals surface area contributed by atoms with Crippen molar-refractivity contribution >= 4 is 32.5 Å². The van der Waals surface area contributed by atoms with Gasteiger partial charge < -0.3 is 14.6 Å². The van der Waals surface area contributed by atoms with E-state index in [0.29, 0.717) is 17.8 Å². The monoisotopic (exact) mass is 609 g/mol. The van der Waals surface area contributed by atoms with Crippen LogP contribution in [0.5, 0.6) is 0 Å². The van der Waals surface area contributed by atoms with Gasteiger partial charge in [-0.05, 0) is 80.3 Å². The van der Waals surface area contributed by atoms with Gasteiger partial charge in [0, 0.05) is 18.7 Å². The van der Waals surface area contributed by atoms with E-state index in [1.807, 2.05) is 69.3 Å². The van der Waals surface area contributed by atoms with Crippen molar-refractivity contribution in [3.05, 3.63) is 114 Å². The normalized spacial score (nSPS) is 11.9. The van der Waals surface area contributed by atoms with E-state index in [0.717, 1.165) is 52.8 Å². The van der Waals surface area contributed by atoms with Crippen molar-refractivity contribution in [1.29, 1.82) is 0 Å². The van der Waals surface area contributed by atoms with Crippen molar-refractivity contribution < 1.29 is 17.9 Å². The van der Waals surface area contributed by atoms with Crippen molar-refractivity contribution in [2.45, 2.75) is 64.0 Å². The highest BCUT2D eigenvalue weighted by Gasteiger charge is 2.21. The number of ether oxygens (including phenoxy) is 1. The SMILES string of the molecule is CCCCc1nc2ccc(NCS(=O)(=O)c3ccccc3)cc2n1Cc1ccc(-c2ccccc2C(=O)OC(C)(C)C)cc1. The fourth-order valence-electron chi connectivity index (χ4n) is 5.09. The second kappa shape index (κ2) is 13.1. The Morgan fingerprint density at radius 1 is 0.909 bits per heavy atom. The first-order valence-corrected chi connectivity index (χ1v) is 16.6. The number of imidazole rings is 1. The molecule has 8 heteroatoms. The Hall–Kier alpha value is -4.43. The van der Waals surface area contributed by atoms with Crippen molar-refractivity contribution in [1.82, 2.24) is 9.55 Å². The number of sulfone groups is 1. The summed E-state index contributed by atoms with van der Waals surface area (Å²) in [5, 5.41) is 3.11. The summed E-state index contributed by atoms with van der Waals surface area (Å²) in [6, 6.07) is 30.0. The van der Waals surface area contributed by atoms with Crippen molar-refractivity contribution in [3.8, 4) is 11.1 Å². The van der Waals surface area contributed by atoms with Gasteiger partial charge in [-0.2, -0.15) is 0 Å². The smallest absolute Gasteiger partial charge is 0.339 e. The van der Waals surface area contributed by atoms with Gasteiger partial charge in [0.1, 0.15) is 17.3 Å². The molecule has 0 aliphatic heterocycles. The molecule has 7 nitrogen and oxygen atoms in total. The zero-order valence-corrected chi connectivity index (χ0v) is 26.5. The minimum absolute atomic E-state index is 0.203. The van der Waals surface area contributed by atoms with Gasteiger partial charge in [-0.1, -0.05) is 74.0 Å². The fourth-order valence-corrected chi connectivity index (χ4v) is 6.19. The number of unbranched alkanes of at least 4 members (excludes halogenated alkanes) is 1. The molecule has 0 aliphatic rings. The summed E-state index contributed by atoms with van der Waals surface area (Å²) in [4.78, 5) is 18.1. The molecule has 0 radical (unpaired) electrons. The van der Waals surface area contributed by atoms with E-state index in [4.69, 9.17) is 9.72 Å². The number of carbonyl (C=O) groups excluding carboxylic acids is 1. The van der Waals surface area contributed by atoms with E-state index in [9.17, 15) is 13.2 Å². The van der Waals surface area contributed by atoms with Gasteiger partial charge in [-0.25, -0.2) is 18.2 Å². The van der Waals surface area contributed by atoms with E-state index < -0.39 is 15.4 Å². The number of aryl methyl sites for hydroxylation is 1. The summed E-state index contributed by atoms with van der Waals surface area (Å²) in [6.07, 6.45) is 2.92. The maximum Gasteiger partial charge on any atom is 0.339 e. The van der Waals surface area contributed by atoms with E-state index >= 15 is 0 Å². The van der Waals surface area contributed by atoms with Crippen LogP contribution in [-0.2, 0) is 27.5 Å². The Morgan fingerprint density at radius 3 is 2.32 bits per heavy atom. The van der Waals surface area contributed by atoms with E-state index in [1.54, 1.807) is 36.4 Å². The summed E-state index contributed by atoms with van der Waals surface area (Å²) < 4.78 is 33.5. The summed E-state index contributed by atoms with van der Waals surface area (Å²) >= 11 is 0. The number of hydrogen-bond acceptors (Lipinski definition) is 6. The minimum Gasteiger partial charge on any atom is -0.456 e. The van der Waals surface area contributed by atoms with Gasteiger partial charge in [0.15, 0.2) is 9.84 Å². The molecule has 0 spiro atoms. The van der Waals surface area contributed by atoms with E-state index in [1.165, 1.54) is 0 Å². The number of anilines is 1. The fraction of sp³-hybridized carbons (Fsp3) is 0.278. The lowest BCUT2D eigenvalue weighted by Crippen LogP contribution is -2.24. The number of benzene rings is 4. The van der Waals surface area contributed by atoms with E-state index in [-0.39, 0.29) is 16.7 Å². The zero-order chi connectivity index (χ0) is 31.3. The lowest BCUT2D eigenvalue weighted by atomic mass is 9.98. The number of rotatable bonds is 11. The van der Waals surface area contributed by atoms with Crippen LogP contribution in [0.2, 0.25) is 0 Å².